The van der Waals surface area contributed by atoms with Crippen LogP contribution in [0.15, 0.2) is 66.6 Å². The van der Waals surface area contributed by atoms with Crippen molar-refractivity contribution in [1.29, 1.82) is 0 Å². The molecule has 28 heavy (non-hydrogen) atoms. The van der Waals surface area contributed by atoms with E-state index in [1.165, 1.54) is 17.3 Å². The molecule has 3 heterocycles. The van der Waals surface area contributed by atoms with Crippen LogP contribution in [0.1, 0.15) is 12.5 Å². The van der Waals surface area contributed by atoms with Crippen molar-refractivity contribution in [3.8, 4) is 11.4 Å². The zero-order valence-corrected chi connectivity index (χ0v) is 16.5. The Balaban J connectivity index is 1.53. The summed E-state index contributed by atoms with van der Waals surface area (Å²) in [6, 6.07) is 12.1. The van der Waals surface area contributed by atoms with Gasteiger partial charge in [-0.05, 0) is 37.1 Å². The van der Waals surface area contributed by atoms with Crippen molar-refractivity contribution in [2.75, 3.05) is 10.7 Å². The van der Waals surface area contributed by atoms with Crippen molar-refractivity contribution >= 4 is 23.4 Å². The molecule has 0 bridgehead atoms. The van der Waals surface area contributed by atoms with Gasteiger partial charge in [0.25, 0.3) is 0 Å². The fourth-order valence-electron chi connectivity index (χ4n) is 3.55. The van der Waals surface area contributed by atoms with Crippen LogP contribution in [0.3, 0.4) is 0 Å². The first-order chi connectivity index (χ1) is 13.7. The van der Waals surface area contributed by atoms with Gasteiger partial charge < -0.3 is 4.90 Å². The minimum absolute atomic E-state index is 0.0843. The monoisotopic (exact) mass is 391 g/mol. The van der Waals surface area contributed by atoms with Gasteiger partial charge >= 0.3 is 0 Å². The molecule has 7 heteroatoms. The van der Waals surface area contributed by atoms with Crippen molar-refractivity contribution in [1.82, 2.24) is 19.7 Å². The smallest absolute Gasteiger partial charge is 0.237 e. The van der Waals surface area contributed by atoms with Gasteiger partial charge in [0.1, 0.15) is 0 Å². The lowest BCUT2D eigenvalue weighted by atomic mass is 10.1. The number of benzene rings is 1. The first-order valence-corrected chi connectivity index (χ1v) is 10.1. The molecule has 0 aliphatic carbocycles. The zero-order valence-electron chi connectivity index (χ0n) is 15.7. The van der Waals surface area contributed by atoms with E-state index in [-0.39, 0.29) is 11.9 Å². The number of carbonyl (C=O) groups is 1. The molecule has 142 valence electrons. The number of para-hydroxylation sites is 1. The summed E-state index contributed by atoms with van der Waals surface area (Å²) in [5, 5.41) is 9.34. The summed E-state index contributed by atoms with van der Waals surface area (Å²) < 4.78 is 1.97. The molecule has 0 spiro atoms. The SMILES string of the molecule is C=CCn1c(SCC(=O)N2c3ccccc3C[C@H]2C)nnc1-c1ccncc1. The molecule has 1 aromatic carbocycles. The Labute approximate surface area is 168 Å². The minimum Gasteiger partial charge on any atom is -0.308 e. The van der Waals surface area contributed by atoms with E-state index >= 15 is 0 Å². The fraction of sp³-hybridized carbons (Fsp3) is 0.238. The van der Waals surface area contributed by atoms with Gasteiger partial charge in [0.2, 0.25) is 5.91 Å². The zero-order chi connectivity index (χ0) is 19.5. The third-order valence-corrected chi connectivity index (χ3v) is 5.72. The molecule has 1 aliphatic rings. The van der Waals surface area contributed by atoms with Crippen molar-refractivity contribution in [3.63, 3.8) is 0 Å². The quantitative estimate of drug-likeness (QED) is 0.475. The highest BCUT2D eigenvalue weighted by Crippen LogP contribution is 2.33. The van der Waals surface area contributed by atoms with Crippen molar-refractivity contribution in [2.45, 2.75) is 31.1 Å². The van der Waals surface area contributed by atoms with Crippen LogP contribution in [-0.2, 0) is 17.8 Å². The van der Waals surface area contributed by atoms with E-state index < -0.39 is 0 Å². The normalized spacial score (nSPS) is 15.5. The third-order valence-electron chi connectivity index (χ3n) is 4.77. The summed E-state index contributed by atoms with van der Waals surface area (Å²) in [5.74, 6) is 1.14. The highest BCUT2D eigenvalue weighted by molar-refractivity contribution is 7.99. The summed E-state index contributed by atoms with van der Waals surface area (Å²) >= 11 is 1.41. The van der Waals surface area contributed by atoms with Gasteiger partial charge in [-0.1, -0.05) is 36.0 Å². The second-order valence-electron chi connectivity index (χ2n) is 6.68. The first-order valence-electron chi connectivity index (χ1n) is 9.16. The van der Waals surface area contributed by atoms with Crippen LogP contribution in [0.4, 0.5) is 5.69 Å². The molecule has 0 fully saturated rings. The largest absolute Gasteiger partial charge is 0.308 e. The van der Waals surface area contributed by atoms with E-state index in [2.05, 4.69) is 34.8 Å². The number of nitrogens with zero attached hydrogens (tertiary/aromatic N) is 5. The van der Waals surface area contributed by atoms with Gasteiger partial charge in [-0.15, -0.1) is 16.8 Å². The number of hydrogen-bond donors (Lipinski definition) is 0. The Morgan fingerprint density at radius 2 is 2.04 bits per heavy atom. The van der Waals surface area contributed by atoms with Crippen LogP contribution in [0.25, 0.3) is 11.4 Å². The molecule has 3 aromatic rings. The van der Waals surface area contributed by atoms with E-state index in [0.717, 1.165) is 23.5 Å². The molecule has 0 radical (unpaired) electrons. The molecule has 1 atom stereocenters. The van der Waals surface area contributed by atoms with E-state index in [1.807, 2.05) is 39.8 Å². The molecular formula is C21H21N5OS. The third kappa shape index (κ3) is 3.45. The van der Waals surface area contributed by atoms with Crippen molar-refractivity contribution in [3.05, 3.63) is 67.0 Å². The van der Waals surface area contributed by atoms with Crippen LogP contribution in [-0.4, -0.2) is 37.5 Å². The number of carbonyl (C=O) groups excluding carboxylic acids is 1. The van der Waals surface area contributed by atoms with Crippen molar-refractivity contribution in [2.24, 2.45) is 0 Å². The average molecular weight is 392 g/mol. The Kier molecular flexibility index (Phi) is 5.25. The maximum Gasteiger partial charge on any atom is 0.237 e. The lowest BCUT2D eigenvalue weighted by molar-refractivity contribution is -0.116. The number of fused-ring (bicyclic) bond motifs is 1. The van der Waals surface area contributed by atoms with Gasteiger partial charge in [0, 0.05) is 36.2 Å². The summed E-state index contributed by atoms with van der Waals surface area (Å²) in [7, 11) is 0. The minimum atomic E-state index is 0.0843. The number of anilines is 1. The second-order valence-corrected chi connectivity index (χ2v) is 7.62. The standard InChI is InChI=1S/C21H21N5OS/c1-3-12-25-20(16-8-10-22-11-9-16)23-24-21(25)28-14-19(27)26-15(2)13-17-6-4-5-7-18(17)26/h3-11,15H,1,12-14H2,2H3/t15-/m1/s1. The number of allylic oxidation sites excluding steroid dienone is 1. The van der Waals surface area contributed by atoms with E-state index in [1.54, 1.807) is 18.5 Å². The Morgan fingerprint density at radius 3 is 2.82 bits per heavy atom. The molecular weight excluding hydrogens is 370 g/mol. The number of aromatic nitrogens is 4. The molecule has 4 rings (SSSR count). The number of rotatable bonds is 6. The molecule has 2 aromatic heterocycles. The number of hydrogen-bond acceptors (Lipinski definition) is 5. The van der Waals surface area contributed by atoms with Gasteiger partial charge in [-0.2, -0.15) is 0 Å². The van der Waals surface area contributed by atoms with Crippen LogP contribution in [0.5, 0.6) is 0 Å². The van der Waals surface area contributed by atoms with Gasteiger partial charge in [-0.25, -0.2) is 0 Å². The summed E-state index contributed by atoms with van der Waals surface area (Å²) in [6.45, 7) is 6.49. The summed E-state index contributed by atoms with van der Waals surface area (Å²) in [6.07, 6.45) is 6.15. The van der Waals surface area contributed by atoms with Crippen LogP contribution in [0.2, 0.25) is 0 Å². The molecule has 0 saturated carbocycles. The summed E-state index contributed by atoms with van der Waals surface area (Å²) in [5.41, 5.74) is 3.18. The fourth-order valence-corrected chi connectivity index (χ4v) is 4.35. The van der Waals surface area contributed by atoms with Crippen LogP contribution >= 0.6 is 11.8 Å². The Morgan fingerprint density at radius 1 is 1.25 bits per heavy atom. The highest BCUT2D eigenvalue weighted by atomic mass is 32.2. The molecule has 0 unspecified atom stereocenters. The van der Waals surface area contributed by atoms with Crippen LogP contribution < -0.4 is 4.90 Å². The molecule has 6 nitrogen and oxygen atoms in total. The van der Waals surface area contributed by atoms with E-state index in [0.29, 0.717) is 17.5 Å². The topological polar surface area (TPSA) is 63.9 Å². The predicted molar refractivity (Wildman–Crippen MR) is 111 cm³/mol. The number of thioether (sulfide) groups is 1. The van der Waals surface area contributed by atoms with E-state index in [4.69, 9.17) is 0 Å². The average Bonchev–Trinajstić information content (AvgIpc) is 3.27. The van der Waals surface area contributed by atoms with Crippen molar-refractivity contribution < 1.29 is 4.79 Å². The lowest BCUT2D eigenvalue weighted by Crippen LogP contribution is -2.37. The van der Waals surface area contributed by atoms with Gasteiger partial charge in [0.15, 0.2) is 11.0 Å². The molecule has 0 N–H and O–H groups in total. The lowest BCUT2D eigenvalue weighted by Gasteiger charge is -2.22. The van der Waals surface area contributed by atoms with E-state index in [9.17, 15) is 4.79 Å². The maximum absolute atomic E-state index is 13.0. The van der Waals surface area contributed by atoms with Gasteiger partial charge in [0.05, 0.1) is 5.75 Å². The molecule has 1 amide bonds. The molecule has 1 aliphatic heterocycles. The highest BCUT2D eigenvalue weighted by Gasteiger charge is 2.30. The maximum atomic E-state index is 13.0. The Bertz CT molecular complexity index is 1000. The van der Waals surface area contributed by atoms with Crippen LogP contribution in [0, 0.1) is 0 Å². The predicted octanol–water partition coefficient (Wildman–Crippen LogP) is 3.60. The van der Waals surface area contributed by atoms with Gasteiger partial charge in [-0.3, -0.25) is 14.3 Å². The number of amides is 1. The molecule has 0 saturated heterocycles. The Hall–Kier alpha value is -2.93. The second kappa shape index (κ2) is 7.98. The first kappa shape index (κ1) is 18.4. The number of pyridine rings is 1. The summed E-state index contributed by atoms with van der Waals surface area (Å²) in [4.78, 5) is 18.9.